The van der Waals surface area contributed by atoms with Gasteiger partial charge in [0.05, 0.1) is 12.0 Å². The lowest BCUT2D eigenvalue weighted by atomic mass is 9.43. The van der Waals surface area contributed by atoms with Crippen LogP contribution in [0.5, 0.6) is 0 Å². The van der Waals surface area contributed by atoms with E-state index in [0.717, 1.165) is 29.6 Å². The topological polar surface area (TPSA) is 23.8 Å². The van der Waals surface area contributed by atoms with Crippen molar-refractivity contribution >= 4 is 0 Å². The van der Waals surface area contributed by atoms with Gasteiger partial charge in [-0.05, 0) is 85.4 Å². The minimum absolute atomic E-state index is 0.342. The number of fused-ring (bicyclic) bond motifs is 5. The van der Waals surface area contributed by atoms with E-state index in [-0.39, 0.29) is 0 Å². The van der Waals surface area contributed by atoms with Gasteiger partial charge in [-0.3, -0.25) is 0 Å². The maximum atomic E-state index is 9.59. The van der Waals surface area contributed by atoms with E-state index in [1.54, 1.807) is 0 Å². The molecule has 8 unspecified atom stereocenters. The van der Waals surface area contributed by atoms with Gasteiger partial charge in [-0.25, -0.2) is 0 Å². The molecule has 4 rings (SSSR count). The first kappa shape index (κ1) is 18.3. The Labute approximate surface area is 150 Å². The van der Waals surface area contributed by atoms with Gasteiger partial charge in [0.2, 0.25) is 0 Å². The van der Waals surface area contributed by atoms with Crippen molar-refractivity contribution in [2.24, 2.45) is 46.3 Å². The van der Waals surface area contributed by atoms with Gasteiger partial charge >= 0.3 is 0 Å². The first-order chi connectivity index (χ1) is 11.5. The summed E-state index contributed by atoms with van der Waals surface area (Å²) in [6.07, 6.45) is 12.6. The van der Waals surface area contributed by atoms with Crippen molar-refractivity contribution in [3.63, 3.8) is 0 Å². The molecule has 4 aliphatic carbocycles. The van der Waals surface area contributed by atoms with Gasteiger partial charge in [0, 0.05) is 0 Å². The van der Waals surface area contributed by atoms with Crippen LogP contribution in [0, 0.1) is 57.7 Å². The Hall–Kier alpha value is -0.510. The van der Waals surface area contributed by atoms with Crippen LogP contribution in [0.15, 0.2) is 0 Å². The molecule has 0 bridgehead atoms. The molecule has 0 spiro atoms. The predicted molar refractivity (Wildman–Crippen MR) is 101 cm³/mol. The second-order valence-corrected chi connectivity index (χ2v) is 9.74. The van der Waals surface area contributed by atoms with Crippen LogP contribution in [-0.2, 0) is 0 Å². The van der Waals surface area contributed by atoms with E-state index in [1.165, 1.54) is 57.8 Å². The molecule has 0 aromatic carbocycles. The zero-order valence-corrected chi connectivity index (χ0v) is 16.8. The van der Waals surface area contributed by atoms with Crippen molar-refractivity contribution in [3.05, 3.63) is 0 Å². The zero-order chi connectivity index (χ0) is 17.5. The lowest BCUT2D eigenvalue weighted by molar-refractivity contribution is -0.121. The van der Waals surface area contributed by atoms with Gasteiger partial charge in [-0.1, -0.05) is 47.5 Å². The SMILES string of the molecule is CC.CC1CCCC2(C)C1CCC1C3CCC(C#N)C3(C)CCC12. The zero-order valence-electron chi connectivity index (χ0n) is 16.8. The summed E-state index contributed by atoms with van der Waals surface area (Å²) in [6.45, 7) is 11.6. The first-order valence-corrected chi connectivity index (χ1v) is 10.9. The number of rotatable bonds is 0. The predicted octanol–water partition coefficient (Wildman–Crippen LogP) is 6.83. The molecule has 0 saturated heterocycles. The highest BCUT2D eigenvalue weighted by Gasteiger charge is 2.60. The van der Waals surface area contributed by atoms with E-state index in [0.29, 0.717) is 16.7 Å². The molecule has 0 heterocycles. The van der Waals surface area contributed by atoms with E-state index in [9.17, 15) is 5.26 Å². The third-order valence-corrected chi connectivity index (χ3v) is 9.16. The van der Waals surface area contributed by atoms with Crippen molar-refractivity contribution < 1.29 is 0 Å². The molecule has 8 atom stereocenters. The van der Waals surface area contributed by atoms with Gasteiger partial charge in [-0.2, -0.15) is 5.26 Å². The molecule has 1 nitrogen and oxygen atoms in total. The fourth-order valence-corrected chi connectivity index (χ4v) is 8.01. The number of nitrogens with zero attached hydrogens (tertiary/aromatic N) is 1. The minimum atomic E-state index is 0.342. The van der Waals surface area contributed by atoms with Crippen LogP contribution < -0.4 is 0 Å². The number of hydrogen-bond donors (Lipinski definition) is 0. The molecular weight excluding hydrogens is 290 g/mol. The maximum Gasteiger partial charge on any atom is 0.0661 e. The second-order valence-electron chi connectivity index (χ2n) is 9.74. The highest BCUT2D eigenvalue weighted by molar-refractivity contribution is 5.12. The average molecular weight is 330 g/mol. The third kappa shape index (κ3) is 2.47. The van der Waals surface area contributed by atoms with E-state index in [1.807, 2.05) is 13.8 Å². The summed E-state index contributed by atoms with van der Waals surface area (Å²) < 4.78 is 0. The summed E-state index contributed by atoms with van der Waals surface area (Å²) in [5.41, 5.74) is 0.964. The van der Waals surface area contributed by atoms with Crippen LogP contribution in [0.2, 0.25) is 0 Å². The Kier molecular flexibility index (Phi) is 5.07. The van der Waals surface area contributed by atoms with Crippen molar-refractivity contribution in [2.45, 2.75) is 92.4 Å². The van der Waals surface area contributed by atoms with Crippen molar-refractivity contribution in [3.8, 4) is 6.07 Å². The lowest BCUT2D eigenvalue weighted by Crippen LogP contribution is -2.54. The Morgan fingerprint density at radius 1 is 0.792 bits per heavy atom. The fourth-order valence-electron chi connectivity index (χ4n) is 8.01. The highest BCUT2D eigenvalue weighted by atomic mass is 14.6. The van der Waals surface area contributed by atoms with Crippen molar-refractivity contribution in [1.29, 1.82) is 5.26 Å². The van der Waals surface area contributed by atoms with E-state index >= 15 is 0 Å². The van der Waals surface area contributed by atoms with Crippen LogP contribution in [0.25, 0.3) is 0 Å². The van der Waals surface area contributed by atoms with Gasteiger partial charge in [-0.15, -0.1) is 0 Å². The Bertz CT molecular complexity index is 491. The average Bonchev–Trinajstić information content (AvgIpc) is 2.93. The van der Waals surface area contributed by atoms with Crippen LogP contribution in [-0.4, -0.2) is 0 Å². The maximum absolute atomic E-state index is 9.59. The molecule has 0 amide bonds. The largest absolute Gasteiger partial charge is 0.198 e. The minimum Gasteiger partial charge on any atom is -0.198 e. The summed E-state index contributed by atoms with van der Waals surface area (Å²) in [4.78, 5) is 0. The van der Waals surface area contributed by atoms with Crippen LogP contribution in [0.3, 0.4) is 0 Å². The lowest BCUT2D eigenvalue weighted by Gasteiger charge is -2.61. The monoisotopic (exact) mass is 329 g/mol. The molecule has 136 valence electrons. The Balaban J connectivity index is 0.000000815. The summed E-state index contributed by atoms with van der Waals surface area (Å²) in [5.74, 6) is 5.02. The number of nitriles is 1. The van der Waals surface area contributed by atoms with Gasteiger partial charge in [0.15, 0.2) is 0 Å². The quantitative estimate of drug-likeness (QED) is 0.477. The molecule has 4 fully saturated rings. The van der Waals surface area contributed by atoms with Crippen molar-refractivity contribution in [1.82, 2.24) is 0 Å². The molecule has 24 heavy (non-hydrogen) atoms. The molecule has 0 aromatic rings. The normalized spacial score (nSPS) is 52.8. The molecule has 1 heteroatoms. The van der Waals surface area contributed by atoms with Crippen LogP contribution in [0.4, 0.5) is 0 Å². The summed E-state index contributed by atoms with van der Waals surface area (Å²) in [6, 6.07) is 2.67. The van der Waals surface area contributed by atoms with E-state index < -0.39 is 0 Å². The molecule has 0 radical (unpaired) electrons. The molecule has 0 N–H and O–H groups in total. The van der Waals surface area contributed by atoms with E-state index in [4.69, 9.17) is 0 Å². The number of hydrogen-bond acceptors (Lipinski definition) is 1. The summed E-state index contributed by atoms with van der Waals surface area (Å²) >= 11 is 0. The fraction of sp³-hybridized carbons (Fsp3) is 0.957. The third-order valence-electron chi connectivity index (χ3n) is 9.16. The van der Waals surface area contributed by atoms with Gasteiger partial charge in [0.25, 0.3) is 0 Å². The summed E-state index contributed by atoms with van der Waals surface area (Å²) in [5, 5.41) is 9.59. The molecule has 4 aliphatic rings. The van der Waals surface area contributed by atoms with Gasteiger partial charge in [0.1, 0.15) is 0 Å². The summed E-state index contributed by atoms with van der Waals surface area (Å²) in [7, 11) is 0. The van der Waals surface area contributed by atoms with E-state index in [2.05, 4.69) is 26.8 Å². The van der Waals surface area contributed by atoms with Crippen LogP contribution >= 0.6 is 0 Å². The van der Waals surface area contributed by atoms with Gasteiger partial charge < -0.3 is 0 Å². The Morgan fingerprint density at radius 3 is 2.17 bits per heavy atom. The smallest absolute Gasteiger partial charge is 0.0661 e. The molecule has 4 saturated carbocycles. The standard InChI is InChI=1S/C21H33N.C2H6/c1-14-5-4-11-21(3)17(14)9-7-16-18-8-6-15(13-22)20(18,2)12-10-19(16)21;1-2/h14-19H,4-12H2,1-3H3;1-2H3. The second kappa shape index (κ2) is 6.66. The molecule has 0 aliphatic heterocycles. The molecule has 0 aromatic heterocycles. The first-order valence-electron chi connectivity index (χ1n) is 10.9. The van der Waals surface area contributed by atoms with Crippen LogP contribution in [0.1, 0.15) is 92.4 Å². The van der Waals surface area contributed by atoms with Crippen molar-refractivity contribution in [2.75, 3.05) is 0 Å². The molecular formula is C23H39N. The highest BCUT2D eigenvalue weighted by Crippen LogP contribution is 2.67. The Morgan fingerprint density at radius 2 is 1.46 bits per heavy atom.